The highest BCUT2D eigenvalue weighted by molar-refractivity contribution is 7.89. The van der Waals surface area contributed by atoms with Crippen LogP contribution in [-0.4, -0.2) is 35.6 Å². The second-order valence-corrected chi connectivity index (χ2v) is 9.02. The number of hydrogen-bond acceptors (Lipinski definition) is 5. The number of hydrogen-bond donors (Lipinski definition) is 3. The minimum Gasteiger partial charge on any atom is -0.384 e. The van der Waals surface area contributed by atoms with Crippen molar-refractivity contribution in [3.8, 4) is 6.07 Å². The van der Waals surface area contributed by atoms with Crippen LogP contribution in [0.5, 0.6) is 0 Å². The molecule has 2 aromatic rings. The monoisotopic (exact) mass is 432 g/mol. The number of nitrogens with zero attached hydrogens (tertiary/aromatic N) is 2. The number of aromatic nitrogens is 1. The smallest absolute Gasteiger partial charge is 0.272 e. The normalized spacial score (nSPS) is 19.6. The van der Waals surface area contributed by atoms with Gasteiger partial charge in [-0.25, -0.2) is 17.5 Å². The van der Waals surface area contributed by atoms with Crippen molar-refractivity contribution < 1.29 is 22.7 Å². The largest absolute Gasteiger partial charge is 0.384 e. The van der Waals surface area contributed by atoms with E-state index in [2.05, 4.69) is 16.6 Å². The SMILES string of the molecule is C=C[C@@](C)(O)[C@H]1CCc2c(cn(C)c2C(=O)Nc2ccc(F)c(C#N)c2)S(=O)(=O)N1. The number of anilines is 1. The zero-order chi connectivity index (χ0) is 22.3. The van der Waals surface area contributed by atoms with Crippen LogP contribution in [0.25, 0.3) is 0 Å². The lowest BCUT2D eigenvalue weighted by Gasteiger charge is -2.29. The van der Waals surface area contributed by atoms with Crippen molar-refractivity contribution in [1.29, 1.82) is 5.26 Å². The third-order valence-corrected chi connectivity index (χ3v) is 6.72. The second kappa shape index (κ2) is 7.68. The summed E-state index contributed by atoms with van der Waals surface area (Å²) >= 11 is 0. The summed E-state index contributed by atoms with van der Waals surface area (Å²) in [5.41, 5.74) is -1.05. The molecule has 8 nitrogen and oxygen atoms in total. The summed E-state index contributed by atoms with van der Waals surface area (Å²) in [5.74, 6) is -1.31. The van der Waals surface area contributed by atoms with Crippen LogP contribution in [0.3, 0.4) is 0 Å². The lowest BCUT2D eigenvalue weighted by atomic mass is 9.92. The molecule has 3 rings (SSSR count). The number of carbonyl (C=O) groups excluding carboxylic acids is 1. The van der Waals surface area contributed by atoms with Crippen molar-refractivity contribution in [2.75, 3.05) is 5.32 Å². The number of nitrogens with one attached hydrogen (secondary N) is 2. The van der Waals surface area contributed by atoms with Crippen LogP contribution >= 0.6 is 0 Å². The van der Waals surface area contributed by atoms with Crippen LogP contribution < -0.4 is 10.0 Å². The maximum absolute atomic E-state index is 13.5. The first kappa shape index (κ1) is 21.7. The van der Waals surface area contributed by atoms with E-state index in [1.54, 1.807) is 13.1 Å². The molecule has 1 aliphatic rings. The number of carbonyl (C=O) groups is 1. The molecule has 10 heteroatoms. The fraction of sp³-hybridized carbons (Fsp3) is 0.300. The van der Waals surface area contributed by atoms with Crippen molar-refractivity contribution >= 4 is 21.6 Å². The summed E-state index contributed by atoms with van der Waals surface area (Å²) in [6.07, 6.45) is 3.06. The number of halogens is 1. The Bertz CT molecular complexity index is 1180. The van der Waals surface area contributed by atoms with E-state index < -0.39 is 33.4 Å². The summed E-state index contributed by atoms with van der Waals surface area (Å²) in [4.78, 5) is 12.9. The van der Waals surface area contributed by atoms with Crippen molar-refractivity contribution in [3.05, 3.63) is 59.7 Å². The van der Waals surface area contributed by atoms with Gasteiger partial charge in [-0.2, -0.15) is 5.26 Å². The van der Waals surface area contributed by atoms with Gasteiger partial charge in [0, 0.05) is 24.5 Å². The predicted molar refractivity (Wildman–Crippen MR) is 108 cm³/mol. The standard InChI is InChI=1S/C20H21FN4O4S/c1-4-20(2,27)17-8-6-14-16(30(28,29)24-17)11-25(3)18(14)19(26)23-13-5-7-15(21)12(9-13)10-22/h4-5,7,9,11,17,24,27H,1,6,8H2,2-3H3,(H,23,26)/t17-,20-/m1/s1. The molecule has 158 valence electrons. The van der Waals surface area contributed by atoms with Gasteiger partial charge in [0.05, 0.1) is 17.2 Å². The van der Waals surface area contributed by atoms with Crippen LogP contribution in [0.4, 0.5) is 10.1 Å². The average molecular weight is 432 g/mol. The number of nitriles is 1. The van der Waals surface area contributed by atoms with Crippen LogP contribution in [0, 0.1) is 17.1 Å². The van der Waals surface area contributed by atoms with Gasteiger partial charge in [-0.15, -0.1) is 6.58 Å². The van der Waals surface area contributed by atoms with Gasteiger partial charge in [-0.1, -0.05) is 6.08 Å². The number of amides is 1. The Hall–Kier alpha value is -3.00. The number of rotatable bonds is 4. The molecule has 0 radical (unpaired) electrons. The van der Waals surface area contributed by atoms with Crippen molar-refractivity contribution in [1.82, 2.24) is 9.29 Å². The van der Waals surface area contributed by atoms with Crippen LogP contribution in [0.15, 0.2) is 41.9 Å². The molecule has 0 saturated heterocycles. The number of aryl methyl sites for hydroxylation is 1. The summed E-state index contributed by atoms with van der Waals surface area (Å²) in [5, 5.41) is 22.0. The lowest BCUT2D eigenvalue weighted by molar-refractivity contribution is 0.0731. The Labute approximate surface area is 173 Å². The minimum absolute atomic E-state index is 0.0469. The van der Waals surface area contributed by atoms with Gasteiger partial charge in [0.1, 0.15) is 22.5 Å². The molecule has 1 aromatic heterocycles. The van der Waals surface area contributed by atoms with E-state index in [0.717, 1.165) is 6.07 Å². The Morgan fingerprint density at radius 2 is 2.23 bits per heavy atom. The van der Waals surface area contributed by atoms with Gasteiger partial charge in [0.25, 0.3) is 5.91 Å². The van der Waals surface area contributed by atoms with E-state index in [-0.39, 0.29) is 34.7 Å². The Balaban J connectivity index is 1.99. The van der Waals surface area contributed by atoms with Crippen LogP contribution in [-0.2, 0) is 23.5 Å². The van der Waals surface area contributed by atoms with Crippen molar-refractivity contribution in [2.24, 2.45) is 7.05 Å². The molecule has 2 heterocycles. The highest BCUT2D eigenvalue weighted by Crippen LogP contribution is 2.30. The summed E-state index contributed by atoms with van der Waals surface area (Å²) in [6, 6.07) is 4.46. The van der Waals surface area contributed by atoms with Gasteiger partial charge in [0.2, 0.25) is 10.0 Å². The van der Waals surface area contributed by atoms with Crippen molar-refractivity contribution in [3.63, 3.8) is 0 Å². The van der Waals surface area contributed by atoms with Crippen LogP contribution in [0.1, 0.15) is 35.0 Å². The molecule has 1 aliphatic heterocycles. The van der Waals surface area contributed by atoms with E-state index >= 15 is 0 Å². The molecule has 0 saturated carbocycles. The maximum Gasteiger partial charge on any atom is 0.272 e. The van der Waals surface area contributed by atoms with Gasteiger partial charge in [-0.05, 0) is 38.0 Å². The van der Waals surface area contributed by atoms with E-state index in [1.165, 1.54) is 35.9 Å². The van der Waals surface area contributed by atoms with E-state index in [0.29, 0.717) is 5.56 Å². The van der Waals surface area contributed by atoms with E-state index in [9.17, 15) is 22.7 Å². The molecule has 2 atom stereocenters. The predicted octanol–water partition coefficient (Wildman–Crippen LogP) is 1.82. The van der Waals surface area contributed by atoms with Gasteiger partial charge in [0.15, 0.2) is 0 Å². The Morgan fingerprint density at radius 1 is 1.53 bits per heavy atom. The van der Waals surface area contributed by atoms with E-state index in [1.807, 2.05) is 0 Å². The first-order valence-corrected chi connectivity index (χ1v) is 10.6. The average Bonchev–Trinajstić information content (AvgIpc) is 2.97. The molecule has 3 N–H and O–H groups in total. The molecule has 0 spiro atoms. The molecule has 0 fully saturated rings. The minimum atomic E-state index is -4.00. The van der Waals surface area contributed by atoms with E-state index in [4.69, 9.17) is 5.26 Å². The molecular weight excluding hydrogens is 411 g/mol. The quantitative estimate of drug-likeness (QED) is 0.636. The number of benzene rings is 1. The summed E-state index contributed by atoms with van der Waals surface area (Å²) in [7, 11) is -2.45. The fourth-order valence-electron chi connectivity index (χ4n) is 3.45. The Morgan fingerprint density at radius 3 is 2.87 bits per heavy atom. The number of sulfonamides is 1. The summed E-state index contributed by atoms with van der Waals surface area (Å²) < 4.78 is 43.1. The van der Waals surface area contributed by atoms with Gasteiger partial charge in [-0.3, -0.25) is 4.79 Å². The maximum atomic E-state index is 13.5. The molecule has 0 unspecified atom stereocenters. The first-order valence-electron chi connectivity index (χ1n) is 9.07. The molecule has 30 heavy (non-hydrogen) atoms. The summed E-state index contributed by atoms with van der Waals surface area (Å²) in [6.45, 7) is 5.00. The molecule has 1 aromatic carbocycles. The molecular formula is C20H21FN4O4S. The highest BCUT2D eigenvalue weighted by Gasteiger charge is 2.38. The van der Waals surface area contributed by atoms with Crippen LogP contribution in [0.2, 0.25) is 0 Å². The lowest BCUT2D eigenvalue weighted by Crippen LogP contribution is -2.49. The number of aliphatic hydroxyl groups is 1. The number of fused-ring (bicyclic) bond motifs is 1. The second-order valence-electron chi connectivity index (χ2n) is 7.33. The molecule has 0 bridgehead atoms. The van der Waals surface area contributed by atoms with Gasteiger partial charge >= 0.3 is 0 Å². The Kier molecular flexibility index (Phi) is 5.56. The highest BCUT2D eigenvalue weighted by atomic mass is 32.2. The zero-order valence-corrected chi connectivity index (χ0v) is 17.3. The van der Waals surface area contributed by atoms with Crippen molar-refractivity contribution in [2.45, 2.75) is 36.3 Å². The first-order chi connectivity index (χ1) is 14.0. The fourth-order valence-corrected chi connectivity index (χ4v) is 5.13. The third-order valence-electron chi connectivity index (χ3n) is 5.20. The van der Waals surface area contributed by atoms with Gasteiger partial charge < -0.3 is 15.0 Å². The molecule has 1 amide bonds. The third kappa shape index (κ3) is 3.87. The molecule has 0 aliphatic carbocycles. The zero-order valence-electron chi connectivity index (χ0n) is 16.4. The topological polar surface area (TPSA) is 124 Å².